The molecule has 2 aliphatic rings. The topological polar surface area (TPSA) is 117 Å². The smallest absolute Gasteiger partial charge is 0.541 e. The molecule has 0 atom stereocenters. The molecule has 0 fully saturated rings. The van der Waals surface area contributed by atoms with E-state index in [1.807, 2.05) is 0 Å². The summed E-state index contributed by atoms with van der Waals surface area (Å²) in [5, 5.41) is 20.0. The Morgan fingerprint density at radius 2 is 0.818 bits per heavy atom. The summed E-state index contributed by atoms with van der Waals surface area (Å²) in [7, 11) is 0. The van der Waals surface area contributed by atoms with Gasteiger partial charge in [-0.25, -0.2) is 0 Å². The van der Waals surface area contributed by atoms with Crippen LogP contribution in [0, 0.1) is 0 Å². The van der Waals surface area contributed by atoms with Crippen molar-refractivity contribution in [2.75, 3.05) is 0 Å². The first-order chi connectivity index (χ1) is 14.0. The van der Waals surface area contributed by atoms with Crippen molar-refractivity contribution in [2.24, 2.45) is 0 Å². The van der Waals surface area contributed by atoms with Crippen LogP contribution in [-0.4, -0.2) is 86.0 Å². The zero-order chi connectivity index (χ0) is 25.6. The van der Waals surface area contributed by atoms with Crippen LogP contribution in [0.4, 0.5) is 52.7 Å². The monoisotopic (exact) mass is 542 g/mol. The summed E-state index contributed by atoms with van der Waals surface area (Å²) in [6, 6.07) is 0. The van der Waals surface area contributed by atoms with Gasteiger partial charge in [0.1, 0.15) is 24.5 Å². The van der Waals surface area contributed by atoms with Gasteiger partial charge in [-0.05, 0) is 0 Å². The second kappa shape index (κ2) is 9.35. The molecule has 33 heavy (non-hydrogen) atoms. The van der Waals surface area contributed by atoms with E-state index in [9.17, 15) is 72.5 Å². The zero-order valence-electron chi connectivity index (χ0n) is 14.7. The predicted molar refractivity (Wildman–Crippen MR) is 66.0 cm³/mol. The van der Waals surface area contributed by atoms with E-state index in [2.05, 4.69) is 18.9 Å². The molecular formula is C12H2CaF12O8. The molecule has 0 aromatic heterocycles. The fraction of sp³-hybridized carbons (Fsp3) is 0.500. The van der Waals surface area contributed by atoms with Crippen LogP contribution in [0.25, 0.3) is 0 Å². The van der Waals surface area contributed by atoms with Crippen LogP contribution in [0.3, 0.4) is 0 Å². The van der Waals surface area contributed by atoms with Crippen molar-refractivity contribution in [2.45, 2.75) is 36.3 Å². The molecule has 0 aromatic rings. The fourth-order valence-corrected chi connectivity index (χ4v) is 1.68. The van der Waals surface area contributed by atoms with Crippen LogP contribution < -0.4 is 10.2 Å². The van der Waals surface area contributed by atoms with Crippen molar-refractivity contribution in [1.82, 2.24) is 0 Å². The number of hydrogen-bond donors (Lipinski definition) is 0. The van der Waals surface area contributed by atoms with E-state index in [-0.39, 0.29) is 50.3 Å². The number of hydrogen-bond acceptors (Lipinski definition) is 8. The zero-order valence-corrected chi connectivity index (χ0v) is 16.9. The van der Waals surface area contributed by atoms with Crippen LogP contribution in [0.15, 0.2) is 24.0 Å². The van der Waals surface area contributed by atoms with Gasteiger partial charge in [0.25, 0.3) is 0 Å². The summed E-state index contributed by atoms with van der Waals surface area (Å²) in [6.07, 6.45) is -24.6. The summed E-state index contributed by atoms with van der Waals surface area (Å²) in [4.78, 5) is 20.0. The number of carbonyl (C=O) groups excluding carboxylic acids is 2. The van der Waals surface area contributed by atoms with E-state index in [4.69, 9.17) is 0 Å². The average Bonchev–Trinajstić information content (AvgIpc) is 3.20. The first-order valence-electron chi connectivity index (χ1n) is 6.86. The normalized spacial score (nSPS) is 19.2. The Labute approximate surface area is 201 Å². The summed E-state index contributed by atoms with van der Waals surface area (Å²) in [5.74, 6) is -18.1. The Balaban J connectivity index is 0.000000602. The Morgan fingerprint density at radius 1 is 0.606 bits per heavy atom. The maximum atomic E-state index is 12.1. The van der Waals surface area contributed by atoms with Crippen LogP contribution >= 0.6 is 0 Å². The molecule has 0 aliphatic carbocycles. The SMILES string of the molecule is O=C([O-])C1=COC(C(F)(F)F)(C(F)(F)F)O1.O=C([O-])C1=COC(C(F)(F)F)(C(F)(F)F)O1.[Ca+2]. The van der Waals surface area contributed by atoms with E-state index >= 15 is 0 Å². The minimum atomic E-state index is -5.99. The van der Waals surface area contributed by atoms with Gasteiger partial charge in [0.15, 0.2) is 11.5 Å². The molecule has 21 heteroatoms. The van der Waals surface area contributed by atoms with Gasteiger partial charge < -0.3 is 38.7 Å². The van der Waals surface area contributed by atoms with Crippen molar-refractivity contribution in [3.63, 3.8) is 0 Å². The van der Waals surface area contributed by atoms with Gasteiger partial charge in [-0.2, -0.15) is 52.7 Å². The molecule has 0 unspecified atom stereocenters. The van der Waals surface area contributed by atoms with Gasteiger partial charge in [-0.1, -0.05) is 0 Å². The van der Waals surface area contributed by atoms with Crippen LogP contribution in [-0.2, 0) is 28.5 Å². The van der Waals surface area contributed by atoms with E-state index in [0.717, 1.165) is 0 Å². The molecule has 0 saturated carbocycles. The first-order valence-corrected chi connectivity index (χ1v) is 6.86. The number of rotatable bonds is 2. The molecule has 0 saturated heterocycles. The van der Waals surface area contributed by atoms with Crippen molar-refractivity contribution in [1.29, 1.82) is 0 Å². The van der Waals surface area contributed by atoms with Gasteiger partial charge in [0.2, 0.25) is 0 Å². The molecule has 0 bridgehead atoms. The largest absolute Gasteiger partial charge is 2.00 e. The summed E-state index contributed by atoms with van der Waals surface area (Å²) >= 11 is 0. The van der Waals surface area contributed by atoms with Gasteiger partial charge in [0, 0.05) is 0 Å². The number of carboxylic acids is 2. The number of carbonyl (C=O) groups is 2. The quantitative estimate of drug-likeness (QED) is 0.366. The van der Waals surface area contributed by atoms with Gasteiger partial charge in [0.05, 0.1) is 0 Å². The van der Waals surface area contributed by atoms with Crippen LogP contribution in [0.1, 0.15) is 0 Å². The molecule has 2 aliphatic heterocycles. The Morgan fingerprint density at radius 3 is 0.909 bits per heavy atom. The molecule has 0 radical (unpaired) electrons. The number of aliphatic carboxylic acids is 2. The Kier molecular flexibility index (Phi) is 8.80. The summed E-state index contributed by atoms with van der Waals surface area (Å²) in [6.45, 7) is 0. The number of carboxylic acid groups (broad SMARTS) is 2. The molecule has 0 amide bonds. The number of alkyl halides is 12. The van der Waals surface area contributed by atoms with Gasteiger partial charge >= 0.3 is 74.0 Å². The van der Waals surface area contributed by atoms with Crippen molar-refractivity contribution >= 4 is 49.7 Å². The first kappa shape index (κ1) is 31.0. The second-order valence-electron chi connectivity index (χ2n) is 5.20. The molecule has 0 aromatic carbocycles. The number of halogens is 12. The standard InChI is InChI=1S/2C6H2F6O4.Ca/c2*7-5(8,9)4(6(10,11)12)15-1-2(16-4)3(13)14;/h2*1H,(H,13,14);/q;;+2/p-2. The van der Waals surface area contributed by atoms with Crippen molar-refractivity contribution < 1.29 is 91.4 Å². The molecule has 0 N–H and O–H groups in total. The molecule has 2 rings (SSSR count). The minimum absolute atomic E-state index is 0. The van der Waals surface area contributed by atoms with Gasteiger partial charge in [-0.15, -0.1) is 0 Å². The van der Waals surface area contributed by atoms with E-state index in [1.165, 1.54) is 0 Å². The molecule has 2 heterocycles. The van der Waals surface area contributed by atoms with Crippen LogP contribution in [0.5, 0.6) is 0 Å². The predicted octanol–water partition coefficient (Wildman–Crippen LogP) is 0.510. The third-order valence-corrected chi connectivity index (χ3v) is 3.07. The third kappa shape index (κ3) is 5.76. The molecule has 0 spiro atoms. The maximum absolute atomic E-state index is 12.1. The molecule has 8 nitrogen and oxygen atoms in total. The van der Waals surface area contributed by atoms with Crippen molar-refractivity contribution in [3.8, 4) is 0 Å². The molecule has 184 valence electrons. The average molecular weight is 542 g/mol. The molecular weight excluding hydrogens is 540 g/mol. The fourth-order valence-electron chi connectivity index (χ4n) is 1.68. The summed E-state index contributed by atoms with van der Waals surface area (Å²) < 4.78 is 159. The number of ether oxygens (including phenoxy) is 4. The Bertz CT molecular complexity index is 726. The Hall–Kier alpha value is -1.96. The summed E-state index contributed by atoms with van der Waals surface area (Å²) in [5.41, 5.74) is 0. The van der Waals surface area contributed by atoms with E-state index in [1.54, 1.807) is 0 Å². The van der Waals surface area contributed by atoms with E-state index in [0.29, 0.717) is 0 Å². The van der Waals surface area contributed by atoms with Crippen molar-refractivity contribution in [3.05, 3.63) is 24.0 Å². The third-order valence-electron chi connectivity index (χ3n) is 3.07. The van der Waals surface area contributed by atoms with Crippen LogP contribution in [0.2, 0.25) is 0 Å². The second-order valence-corrected chi connectivity index (χ2v) is 5.20. The van der Waals surface area contributed by atoms with Gasteiger partial charge in [-0.3, -0.25) is 0 Å². The minimum Gasteiger partial charge on any atom is -0.541 e. The van der Waals surface area contributed by atoms with E-state index < -0.39 is 59.7 Å². The maximum Gasteiger partial charge on any atom is 2.00 e.